The molecule has 0 atom stereocenters. The molecule has 1 amide bonds. The Morgan fingerprint density at radius 1 is 1.47 bits per heavy atom. The monoisotopic (exact) mass is 269 g/mol. The molecule has 4 nitrogen and oxygen atoms in total. The zero-order valence-corrected chi connectivity index (χ0v) is 8.97. The predicted molar refractivity (Wildman–Crippen MR) is 52.6 cm³/mol. The first-order valence-electron chi connectivity index (χ1n) is 4.27. The number of carbonyl (C=O) groups excluding carboxylic acids is 1. The summed E-state index contributed by atoms with van der Waals surface area (Å²) in [6.07, 6.45) is -4.53. The summed E-state index contributed by atoms with van der Waals surface area (Å²) in [5.74, 6) is -1.13. The lowest BCUT2D eigenvalue weighted by Crippen LogP contribution is -2.29. The zero-order valence-electron chi connectivity index (χ0n) is 8.21. The molecule has 1 rings (SSSR count). The Morgan fingerprint density at radius 2 is 2.12 bits per heavy atom. The van der Waals surface area contributed by atoms with E-state index in [0.29, 0.717) is 0 Å². The number of aromatic hydroxyl groups is 1. The Morgan fingerprint density at radius 3 is 2.65 bits per heavy atom. The van der Waals surface area contributed by atoms with Crippen LogP contribution in [0.2, 0.25) is 5.02 Å². The Balaban J connectivity index is 2.56. The number of alkyl halides is 3. The molecule has 0 bridgehead atoms. The predicted octanol–water partition coefficient (Wildman–Crippen LogP) is 2.27. The fourth-order valence-corrected chi connectivity index (χ4v) is 1.07. The van der Waals surface area contributed by atoms with E-state index < -0.39 is 18.7 Å². The van der Waals surface area contributed by atoms with E-state index in [9.17, 15) is 18.0 Å². The molecule has 1 aromatic rings. The van der Waals surface area contributed by atoms with Crippen molar-refractivity contribution in [2.75, 3.05) is 6.61 Å². The molecule has 0 aliphatic heterocycles. The van der Waals surface area contributed by atoms with Gasteiger partial charge in [-0.05, 0) is 18.2 Å². The van der Waals surface area contributed by atoms with E-state index in [1.54, 1.807) is 5.48 Å². The third kappa shape index (κ3) is 4.49. The number of hydrogen-bond acceptors (Lipinski definition) is 3. The largest absolute Gasteiger partial charge is 0.506 e. The van der Waals surface area contributed by atoms with Crippen LogP contribution in [0.3, 0.4) is 0 Å². The Kier molecular flexibility index (Phi) is 4.19. The highest BCUT2D eigenvalue weighted by Gasteiger charge is 2.28. The molecular formula is C9H7ClF3NO3. The van der Waals surface area contributed by atoms with E-state index in [4.69, 9.17) is 16.7 Å². The lowest BCUT2D eigenvalue weighted by Gasteiger charge is -2.08. The first-order valence-corrected chi connectivity index (χ1v) is 4.65. The van der Waals surface area contributed by atoms with Gasteiger partial charge in [-0.3, -0.25) is 9.63 Å². The number of amides is 1. The zero-order chi connectivity index (χ0) is 13.1. The van der Waals surface area contributed by atoms with Crippen LogP contribution in [0.25, 0.3) is 0 Å². The molecule has 94 valence electrons. The van der Waals surface area contributed by atoms with Crippen LogP contribution < -0.4 is 5.48 Å². The van der Waals surface area contributed by atoms with Gasteiger partial charge in [-0.15, -0.1) is 0 Å². The van der Waals surface area contributed by atoms with E-state index in [0.717, 1.165) is 12.1 Å². The topological polar surface area (TPSA) is 58.6 Å². The van der Waals surface area contributed by atoms with E-state index in [2.05, 4.69) is 4.84 Å². The normalized spacial score (nSPS) is 11.3. The fraction of sp³-hybridized carbons (Fsp3) is 0.222. The number of phenolic OH excluding ortho intramolecular Hbond substituents is 1. The minimum atomic E-state index is -4.53. The lowest BCUT2D eigenvalue weighted by atomic mass is 10.2. The molecule has 17 heavy (non-hydrogen) atoms. The molecule has 0 aromatic heterocycles. The SMILES string of the molecule is O=C(NOCC(F)(F)F)c1ccc(O)c(Cl)c1. The van der Waals surface area contributed by atoms with Gasteiger partial charge in [0.05, 0.1) is 5.02 Å². The van der Waals surface area contributed by atoms with Gasteiger partial charge in [0, 0.05) is 5.56 Å². The van der Waals surface area contributed by atoms with Crippen LogP contribution in [0.5, 0.6) is 5.75 Å². The van der Waals surface area contributed by atoms with E-state index in [-0.39, 0.29) is 16.3 Å². The smallest absolute Gasteiger partial charge is 0.414 e. The summed E-state index contributed by atoms with van der Waals surface area (Å²) in [4.78, 5) is 15.2. The molecular weight excluding hydrogens is 263 g/mol. The van der Waals surface area contributed by atoms with Crippen molar-refractivity contribution in [1.29, 1.82) is 0 Å². The fourth-order valence-electron chi connectivity index (χ4n) is 0.891. The van der Waals surface area contributed by atoms with Crippen LogP contribution in [0.15, 0.2) is 18.2 Å². The van der Waals surface area contributed by atoms with Crippen molar-refractivity contribution in [1.82, 2.24) is 5.48 Å². The molecule has 0 unspecified atom stereocenters. The summed E-state index contributed by atoms with van der Waals surface area (Å²) in [6, 6.07) is 3.43. The van der Waals surface area contributed by atoms with Crippen molar-refractivity contribution in [2.24, 2.45) is 0 Å². The average molecular weight is 270 g/mol. The summed E-state index contributed by atoms with van der Waals surface area (Å²) < 4.78 is 35.1. The summed E-state index contributed by atoms with van der Waals surface area (Å²) in [5, 5.41) is 8.98. The first-order chi connectivity index (χ1) is 7.79. The van der Waals surface area contributed by atoms with Gasteiger partial charge in [0.25, 0.3) is 5.91 Å². The first kappa shape index (κ1) is 13.6. The van der Waals surface area contributed by atoms with Gasteiger partial charge >= 0.3 is 6.18 Å². The molecule has 8 heteroatoms. The third-order valence-corrected chi connectivity index (χ3v) is 1.91. The van der Waals surface area contributed by atoms with Gasteiger partial charge in [-0.2, -0.15) is 13.2 Å². The number of rotatable bonds is 3. The number of hydroxylamine groups is 1. The highest BCUT2D eigenvalue weighted by Crippen LogP contribution is 2.23. The summed E-state index contributed by atoms with van der Waals surface area (Å²) in [7, 11) is 0. The summed E-state index contributed by atoms with van der Waals surface area (Å²) in [5.41, 5.74) is 1.57. The number of phenols is 1. The third-order valence-electron chi connectivity index (χ3n) is 1.61. The second-order valence-corrected chi connectivity index (χ2v) is 3.41. The average Bonchev–Trinajstić information content (AvgIpc) is 2.20. The van der Waals surface area contributed by atoms with Crippen LogP contribution in [-0.2, 0) is 4.84 Å². The van der Waals surface area contributed by atoms with Gasteiger partial charge in [0.2, 0.25) is 0 Å². The van der Waals surface area contributed by atoms with Crippen molar-refractivity contribution in [2.45, 2.75) is 6.18 Å². The molecule has 0 aliphatic carbocycles. The molecule has 0 heterocycles. The Bertz CT molecular complexity index is 422. The highest BCUT2D eigenvalue weighted by molar-refractivity contribution is 6.32. The van der Waals surface area contributed by atoms with Crippen LogP contribution in [0, 0.1) is 0 Å². The van der Waals surface area contributed by atoms with Crippen molar-refractivity contribution in [3.8, 4) is 5.75 Å². The van der Waals surface area contributed by atoms with E-state index in [1.807, 2.05) is 0 Å². The molecule has 0 fully saturated rings. The van der Waals surface area contributed by atoms with Crippen LogP contribution in [-0.4, -0.2) is 23.8 Å². The lowest BCUT2D eigenvalue weighted by molar-refractivity contribution is -0.184. The molecule has 0 spiro atoms. The highest BCUT2D eigenvalue weighted by atomic mass is 35.5. The maximum absolute atomic E-state index is 11.7. The Hall–Kier alpha value is -1.47. The van der Waals surface area contributed by atoms with Gasteiger partial charge in [-0.25, -0.2) is 5.48 Å². The standard InChI is InChI=1S/C9H7ClF3NO3/c10-6-3-5(1-2-7(6)15)8(16)14-17-4-9(11,12)13/h1-3,15H,4H2,(H,14,16). The van der Waals surface area contributed by atoms with Crippen molar-refractivity contribution >= 4 is 17.5 Å². The van der Waals surface area contributed by atoms with Gasteiger partial charge in [-0.1, -0.05) is 11.6 Å². The van der Waals surface area contributed by atoms with Gasteiger partial charge in [0.15, 0.2) is 6.61 Å². The number of halogens is 4. The molecule has 1 aromatic carbocycles. The van der Waals surface area contributed by atoms with Crippen molar-refractivity contribution in [3.63, 3.8) is 0 Å². The van der Waals surface area contributed by atoms with Crippen molar-refractivity contribution in [3.05, 3.63) is 28.8 Å². The van der Waals surface area contributed by atoms with E-state index in [1.165, 1.54) is 6.07 Å². The minimum Gasteiger partial charge on any atom is -0.506 e. The van der Waals surface area contributed by atoms with Crippen LogP contribution in [0.4, 0.5) is 13.2 Å². The van der Waals surface area contributed by atoms with Gasteiger partial charge in [0.1, 0.15) is 5.75 Å². The van der Waals surface area contributed by atoms with Crippen LogP contribution >= 0.6 is 11.6 Å². The molecule has 0 aliphatic rings. The minimum absolute atomic E-state index is 0.0324. The molecule has 2 N–H and O–H groups in total. The second kappa shape index (κ2) is 5.24. The van der Waals surface area contributed by atoms with E-state index >= 15 is 0 Å². The van der Waals surface area contributed by atoms with Crippen LogP contribution in [0.1, 0.15) is 10.4 Å². The maximum Gasteiger partial charge on any atom is 0.414 e. The van der Waals surface area contributed by atoms with Crippen molar-refractivity contribution < 1.29 is 27.9 Å². The molecule has 0 saturated carbocycles. The number of carbonyl (C=O) groups is 1. The second-order valence-electron chi connectivity index (χ2n) is 3.00. The van der Waals surface area contributed by atoms with Gasteiger partial charge < -0.3 is 5.11 Å². The Labute approximate surface area is 98.9 Å². The number of benzene rings is 1. The molecule has 0 saturated heterocycles. The number of nitrogens with one attached hydrogen (secondary N) is 1. The summed E-state index contributed by atoms with van der Waals surface area (Å²) in [6.45, 7) is -1.59. The maximum atomic E-state index is 11.7. The summed E-state index contributed by atoms with van der Waals surface area (Å²) >= 11 is 5.51. The molecule has 0 radical (unpaired) electrons. The quantitative estimate of drug-likeness (QED) is 0.828. The number of hydrogen-bond donors (Lipinski definition) is 2.